The molecule has 4 N–H and O–H groups in total. The number of hydrazine groups is 1. The summed E-state index contributed by atoms with van der Waals surface area (Å²) in [6.07, 6.45) is 3.72. The first-order valence-electron chi connectivity index (χ1n) is 6.74. The van der Waals surface area contributed by atoms with E-state index in [-0.39, 0.29) is 18.6 Å². The summed E-state index contributed by atoms with van der Waals surface area (Å²) in [6, 6.07) is 7.45. The van der Waals surface area contributed by atoms with Gasteiger partial charge >= 0.3 is 0 Å². The molecular weight excluding hydrogens is 242 g/mol. The number of nitrogen functional groups attached to an aromatic ring is 1. The van der Waals surface area contributed by atoms with Crippen LogP contribution in [0.15, 0.2) is 24.3 Å². The Hall–Kier alpha value is -1.59. The topological polar surface area (TPSA) is 78.6 Å². The number of nitrogens with one attached hydrogen (secondary N) is 1. The maximum Gasteiger partial charge on any atom is 0.254 e. The Balaban J connectivity index is 2.04. The van der Waals surface area contributed by atoms with E-state index in [4.69, 9.17) is 10.9 Å². The van der Waals surface area contributed by atoms with Gasteiger partial charge in [-0.2, -0.15) is 0 Å². The van der Waals surface area contributed by atoms with Crippen LogP contribution in [0.2, 0.25) is 0 Å². The van der Waals surface area contributed by atoms with Gasteiger partial charge in [0.15, 0.2) is 0 Å². The van der Waals surface area contributed by atoms with Gasteiger partial charge in [0, 0.05) is 30.4 Å². The molecule has 5 nitrogen and oxygen atoms in total. The Bertz CT molecular complexity index is 419. The number of anilines is 1. The predicted octanol–water partition coefficient (Wildman–Crippen LogP) is 1.35. The van der Waals surface area contributed by atoms with Gasteiger partial charge in [-0.3, -0.25) is 10.6 Å². The molecule has 1 aliphatic rings. The highest BCUT2D eigenvalue weighted by Crippen LogP contribution is 2.23. The highest BCUT2D eigenvalue weighted by molar-refractivity contribution is 5.94. The van der Waals surface area contributed by atoms with Gasteiger partial charge in [-0.05, 0) is 49.9 Å². The fraction of sp³-hybridized carbons (Fsp3) is 0.500. The molecule has 0 radical (unpaired) electrons. The fourth-order valence-electron chi connectivity index (χ4n) is 2.60. The average molecular weight is 263 g/mol. The summed E-state index contributed by atoms with van der Waals surface area (Å²) in [6.45, 7) is 1.00. The summed E-state index contributed by atoms with van der Waals surface area (Å²) in [4.78, 5) is 14.4. The van der Waals surface area contributed by atoms with E-state index in [0.717, 1.165) is 37.9 Å². The molecule has 104 valence electrons. The second kappa shape index (κ2) is 6.54. The van der Waals surface area contributed by atoms with Gasteiger partial charge in [-0.15, -0.1) is 0 Å². The van der Waals surface area contributed by atoms with Crippen molar-refractivity contribution in [3.8, 4) is 0 Å². The van der Waals surface area contributed by atoms with Crippen molar-refractivity contribution < 1.29 is 9.90 Å². The number of amides is 1. The zero-order valence-electron chi connectivity index (χ0n) is 11.0. The molecule has 5 heteroatoms. The van der Waals surface area contributed by atoms with Gasteiger partial charge in [-0.1, -0.05) is 0 Å². The first-order valence-corrected chi connectivity index (χ1v) is 6.74. The highest BCUT2D eigenvalue weighted by atomic mass is 16.3. The van der Waals surface area contributed by atoms with Gasteiger partial charge < -0.3 is 15.4 Å². The highest BCUT2D eigenvalue weighted by Gasteiger charge is 2.28. The van der Waals surface area contributed by atoms with E-state index in [1.807, 2.05) is 4.90 Å². The third-order valence-electron chi connectivity index (χ3n) is 3.63. The summed E-state index contributed by atoms with van der Waals surface area (Å²) < 4.78 is 0. The Morgan fingerprint density at radius 3 is 2.79 bits per heavy atom. The van der Waals surface area contributed by atoms with Crippen LogP contribution in [0.3, 0.4) is 0 Å². The summed E-state index contributed by atoms with van der Waals surface area (Å²) >= 11 is 0. The molecule has 1 aromatic carbocycles. The monoisotopic (exact) mass is 263 g/mol. The second-order valence-corrected chi connectivity index (χ2v) is 4.88. The van der Waals surface area contributed by atoms with E-state index < -0.39 is 0 Å². The van der Waals surface area contributed by atoms with Crippen LogP contribution in [0.25, 0.3) is 0 Å². The summed E-state index contributed by atoms with van der Waals surface area (Å²) in [5.41, 5.74) is 4.02. The van der Waals surface area contributed by atoms with E-state index in [0.29, 0.717) is 5.56 Å². The molecule has 0 bridgehead atoms. The fourth-order valence-corrected chi connectivity index (χ4v) is 2.60. The molecule has 1 saturated heterocycles. The lowest BCUT2D eigenvalue weighted by Gasteiger charge is -2.24. The van der Waals surface area contributed by atoms with E-state index in [9.17, 15) is 4.79 Å². The minimum Gasteiger partial charge on any atom is -0.396 e. The number of aliphatic hydroxyl groups is 1. The Kier molecular flexibility index (Phi) is 4.76. The van der Waals surface area contributed by atoms with Crippen molar-refractivity contribution in [1.82, 2.24) is 4.90 Å². The zero-order valence-corrected chi connectivity index (χ0v) is 11.0. The molecule has 1 amide bonds. The molecule has 1 atom stereocenters. The van der Waals surface area contributed by atoms with Crippen molar-refractivity contribution in [2.75, 3.05) is 18.6 Å². The lowest BCUT2D eigenvalue weighted by atomic mass is 10.1. The number of hydrogen-bond donors (Lipinski definition) is 3. The third kappa shape index (κ3) is 3.24. The molecule has 1 aliphatic heterocycles. The van der Waals surface area contributed by atoms with Gasteiger partial charge in [0.25, 0.3) is 5.91 Å². The molecule has 0 aliphatic carbocycles. The van der Waals surface area contributed by atoms with Crippen molar-refractivity contribution >= 4 is 11.6 Å². The minimum atomic E-state index is 0.0732. The number of carbonyl (C=O) groups is 1. The van der Waals surface area contributed by atoms with E-state index in [2.05, 4.69) is 5.43 Å². The number of likely N-dealkylation sites (tertiary alicyclic amines) is 1. The molecule has 0 saturated carbocycles. The predicted molar refractivity (Wildman–Crippen MR) is 74.6 cm³/mol. The number of nitrogens with zero attached hydrogens (tertiary/aromatic N) is 1. The SMILES string of the molecule is NNc1ccc(C(=O)N2CCCC2CCCO)cc1. The average Bonchev–Trinajstić information content (AvgIpc) is 2.92. The van der Waals surface area contributed by atoms with Crippen LogP contribution in [0.4, 0.5) is 5.69 Å². The summed E-state index contributed by atoms with van der Waals surface area (Å²) in [5, 5.41) is 8.90. The van der Waals surface area contributed by atoms with Crippen molar-refractivity contribution in [2.45, 2.75) is 31.7 Å². The lowest BCUT2D eigenvalue weighted by molar-refractivity contribution is 0.0724. The van der Waals surface area contributed by atoms with Crippen LogP contribution >= 0.6 is 0 Å². The Morgan fingerprint density at radius 2 is 2.16 bits per heavy atom. The molecule has 1 fully saturated rings. The number of rotatable bonds is 5. The van der Waals surface area contributed by atoms with E-state index >= 15 is 0 Å². The molecule has 0 spiro atoms. The van der Waals surface area contributed by atoms with E-state index in [1.165, 1.54) is 0 Å². The number of benzene rings is 1. The minimum absolute atomic E-state index is 0.0732. The van der Waals surface area contributed by atoms with Crippen LogP contribution in [0.1, 0.15) is 36.0 Å². The van der Waals surface area contributed by atoms with Crippen LogP contribution in [-0.4, -0.2) is 35.1 Å². The lowest BCUT2D eigenvalue weighted by Crippen LogP contribution is -2.35. The van der Waals surface area contributed by atoms with Crippen LogP contribution < -0.4 is 11.3 Å². The number of hydrogen-bond acceptors (Lipinski definition) is 4. The molecule has 1 aromatic rings. The zero-order chi connectivity index (χ0) is 13.7. The van der Waals surface area contributed by atoms with Crippen molar-refractivity contribution in [3.63, 3.8) is 0 Å². The standard InChI is InChI=1S/C14H21N3O2/c15-16-12-7-5-11(6-8-12)14(19)17-9-1-3-13(17)4-2-10-18/h5-8,13,16,18H,1-4,9-10,15H2. The van der Waals surface area contributed by atoms with Crippen molar-refractivity contribution in [3.05, 3.63) is 29.8 Å². The van der Waals surface area contributed by atoms with Gasteiger partial charge in [-0.25, -0.2) is 0 Å². The normalized spacial score (nSPS) is 18.6. The Morgan fingerprint density at radius 1 is 1.42 bits per heavy atom. The maximum atomic E-state index is 12.4. The molecule has 0 aromatic heterocycles. The van der Waals surface area contributed by atoms with E-state index in [1.54, 1.807) is 24.3 Å². The number of nitrogens with two attached hydrogens (primary N) is 1. The Labute approximate surface area is 113 Å². The summed E-state index contributed by atoms with van der Waals surface area (Å²) in [7, 11) is 0. The number of aliphatic hydroxyl groups excluding tert-OH is 1. The van der Waals surface area contributed by atoms with Crippen molar-refractivity contribution in [2.24, 2.45) is 5.84 Å². The van der Waals surface area contributed by atoms with Crippen LogP contribution in [-0.2, 0) is 0 Å². The molecule has 19 heavy (non-hydrogen) atoms. The summed E-state index contributed by atoms with van der Waals surface area (Å²) in [5.74, 6) is 5.38. The van der Waals surface area contributed by atoms with Gasteiger partial charge in [0.1, 0.15) is 0 Å². The molecular formula is C14H21N3O2. The largest absolute Gasteiger partial charge is 0.396 e. The molecule has 1 heterocycles. The molecule has 2 rings (SSSR count). The van der Waals surface area contributed by atoms with Crippen LogP contribution in [0, 0.1) is 0 Å². The van der Waals surface area contributed by atoms with Gasteiger partial charge in [0.05, 0.1) is 0 Å². The van der Waals surface area contributed by atoms with Gasteiger partial charge in [0.2, 0.25) is 0 Å². The van der Waals surface area contributed by atoms with Crippen molar-refractivity contribution in [1.29, 1.82) is 0 Å². The number of carbonyl (C=O) groups excluding carboxylic acids is 1. The maximum absolute atomic E-state index is 12.4. The third-order valence-corrected chi connectivity index (χ3v) is 3.63. The quantitative estimate of drug-likeness (QED) is 0.553. The molecule has 1 unspecified atom stereocenters. The second-order valence-electron chi connectivity index (χ2n) is 4.88. The first kappa shape index (κ1) is 13.8. The smallest absolute Gasteiger partial charge is 0.254 e. The van der Waals surface area contributed by atoms with Crippen LogP contribution in [0.5, 0.6) is 0 Å². The first-order chi connectivity index (χ1) is 9.26.